The van der Waals surface area contributed by atoms with Crippen molar-refractivity contribution < 1.29 is 9.59 Å². The first-order valence-corrected chi connectivity index (χ1v) is 13.3. The fourth-order valence-electron chi connectivity index (χ4n) is 4.03. The number of pyridine rings is 1. The third-order valence-corrected chi connectivity index (χ3v) is 6.22. The number of carbonyl (C=O) groups is 2. The van der Waals surface area contributed by atoms with Crippen molar-refractivity contribution in [1.82, 2.24) is 14.8 Å². The standard InChI is InChI=1S/C31H43N3O2/c1-3-4-5-6-7-8-9-10-11-12-13-14-15-16-17-18-19-22-30(35)33(2)29-23-25-34(27-29)31(36)28-21-20-24-32-26-28/h4-5,7-8,10-11,13-14,16-17,20-21,24,26,29H,3,6,9,12,15,18-19,22-23,25,27H2,1-2H3/b5-4-,8-7-,11-10-,14-13-,17-16-. The molecular formula is C31H43N3O2. The van der Waals surface area contributed by atoms with E-state index in [9.17, 15) is 9.59 Å². The Morgan fingerprint density at radius 2 is 1.58 bits per heavy atom. The molecule has 1 unspecified atom stereocenters. The van der Waals surface area contributed by atoms with Crippen molar-refractivity contribution in [3.63, 3.8) is 0 Å². The quantitative estimate of drug-likeness (QED) is 0.204. The zero-order chi connectivity index (χ0) is 25.8. The summed E-state index contributed by atoms with van der Waals surface area (Å²) in [7, 11) is 1.86. The van der Waals surface area contributed by atoms with Crippen LogP contribution in [0.15, 0.2) is 85.3 Å². The zero-order valence-corrected chi connectivity index (χ0v) is 22.1. The maximum Gasteiger partial charge on any atom is 0.255 e. The van der Waals surface area contributed by atoms with Crippen LogP contribution in [0, 0.1) is 0 Å². The van der Waals surface area contributed by atoms with Crippen molar-refractivity contribution in [2.45, 2.75) is 70.8 Å². The molecule has 5 nitrogen and oxygen atoms in total. The third-order valence-electron chi connectivity index (χ3n) is 6.22. The van der Waals surface area contributed by atoms with Gasteiger partial charge in [-0.3, -0.25) is 14.6 Å². The zero-order valence-electron chi connectivity index (χ0n) is 22.1. The summed E-state index contributed by atoms with van der Waals surface area (Å²) in [6.45, 7) is 3.41. The molecule has 36 heavy (non-hydrogen) atoms. The van der Waals surface area contributed by atoms with Gasteiger partial charge in [0.1, 0.15) is 0 Å². The van der Waals surface area contributed by atoms with Crippen LogP contribution in [-0.2, 0) is 4.79 Å². The molecule has 1 aliphatic rings. The van der Waals surface area contributed by atoms with Crippen LogP contribution in [0.3, 0.4) is 0 Å². The molecule has 5 heteroatoms. The summed E-state index contributed by atoms with van der Waals surface area (Å²) in [5, 5.41) is 0. The van der Waals surface area contributed by atoms with E-state index in [4.69, 9.17) is 0 Å². The van der Waals surface area contributed by atoms with Gasteiger partial charge >= 0.3 is 0 Å². The van der Waals surface area contributed by atoms with E-state index in [0.717, 1.165) is 51.4 Å². The van der Waals surface area contributed by atoms with E-state index in [1.807, 2.05) is 16.8 Å². The second-order valence-electron chi connectivity index (χ2n) is 9.04. The van der Waals surface area contributed by atoms with E-state index in [2.05, 4.69) is 72.7 Å². The van der Waals surface area contributed by atoms with Crippen LogP contribution in [0.1, 0.15) is 75.1 Å². The van der Waals surface area contributed by atoms with Gasteiger partial charge in [-0.05, 0) is 63.5 Å². The number of aromatic nitrogens is 1. The van der Waals surface area contributed by atoms with Crippen LogP contribution in [0.25, 0.3) is 0 Å². The molecule has 1 fully saturated rings. The van der Waals surface area contributed by atoms with Crippen molar-refractivity contribution >= 4 is 11.8 Å². The summed E-state index contributed by atoms with van der Waals surface area (Å²) in [6.07, 6.45) is 33.3. The Bertz CT molecular complexity index is 915. The first kappa shape index (κ1) is 29.0. The summed E-state index contributed by atoms with van der Waals surface area (Å²) in [6, 6.07) is 3.64. The maximum atomic E-state index is 12.6. The highest BCUT2D eigenvalue weighted by Gasteiger charge is 2.31. The molecule has 2 rings (SSSR count). The fourth-order valence-corrected chi connectivity index (χ4v) is 4.03. The fraction of sp³-hybridized carbons (Fsp3) is 0.452. The molecule has 1 aromatic rings. The van der Waals surface area contributed by atoms with Gasteiger partial charge in [0, 0.05) is 39.0 Å². The highest BCUT2D eigenvalue weighted by molar-refractivity contribution is 5.94. The van der Waals surface area contributed by atoms with Gasteiger partial charge in [-0.1, -0.05) is 67.7 Å². The van der Waals surface area contributed by atoms with Crippen molar-refractivity contribution in [2.75, 3.05) is 20.1 Å². The Hall–Kier alpha value is -3.21. The number of carbonyl (C=O) groups excluding carboxylic acids is 2. The lowest BCUT2D eigenvalue weighted by atomic mass is 10.1. The number of likely N-dealkylation sites (tertiary alicyclic amines) is 1. The second kappa shape index (κ2) is 18.1. The molecule has 0 spiro atoms. The molecule has 0 saturated carbocycles. The summed E-state index contributed by atoms with van der Waals surface area (Å²) in [5.74, 6) is 0.146. The summed E-state index contributed by atoms with van der Waals surface area (Å²) < 4.78 is 0. The van der Waals surface area contributed by atoms with Gasteiger partial charge in [0.15, 0.2) is 0 Å². The minimum atomic E-state index is -0.00941. The van der Waals surface area contributed by atoms with Crippen LogP contribution in [0.4, 0.5) is 0 Å². The molecule has 0 aliphatic carbocycles. The lowest BCUT2D eigenvalue weighted by Crippen LogP contribution is -2.40. The molecule has 0 bridgehead atoms. The highest BCUT2D eigenvalue weighted by atomic mass is 16.2. The Kier molecular flexibility index (Phi) is 14.6. The number of allylic oxidation sites excluding steroid dienone is 10. The molecule has 0 radical (unpaired) electrons. The van der Waals surface area contributed by atoms with E-state index in [0.29, 0.717) is 25.1 Å². The maximum absolute atomic E-state index is 12.6. The largest absolute Gasteiger partial charge is 0.341 e. The lowest BCUT2D eigenvalue weighted by Gasteiger charge is -2.25. The van der Waals surface area contributed by atoms with E-state index in [1.165, 1.54) is 0 Å². The number of likely N-dealkylation sites (N-methyl/N-ethyl adjacent to an activating group) is 1. The molecule has 1 saturated heterocycles. The topological polar surface area (TPSA) is 53.5 Å². The van der Waals surface area contributed by atoms with Gasteiger partial charge in [-0.25, -0.2) is 0 Å². The predicted molar refractivity (Wildman–Crippen MR) is 150 cm³/mol. The van der Waals surface area contributed by atoms with Crippen molar-refractivity contribution in [2.24, 2.45) is 0 Å². The van der Waals surface area contributed by atoms with E-state index in [-0.39, 0.29) is 17.9 Å². The SMILES string of the molecule is CC/C=C\C/C=C\C/C=C\C/C=C\C/C=C\CCCC(=O)N(C)C1CCN(C(=O)c2cccnc2)C1. The Balaban J connectivity index is 1.53. The average molecular weight is 490 g/mol. The molecule has 2 heterocycles. The Labute approximate surface area is 218 Å². The Morgan fingerprint density at radius 1 is 0.972 bits per heavy atom. The minimum Gasteiger partial charge on any atom is -0.341 e. The van der Waals surface area contributed by atoms with E-state index in [1.54, 1.807) is 24.5 Å². The minimum absolute atomic E-state index is 0.00941. The van der Waals surface area contributed by atoms with Crippen LogP contribution < -0.4 is 0 Å². The molecule has 1 aromatic heterocycles. The molecule has 1 aliphatic heterocycles. The van der Waals surface area contributed by atoms with Gasteiger partial charge in [-0.15, -0.1) is 0 Å². The molecular weight excluding hydrogens is 446 g/mol. The van der Waals surface area contributed by atoms with Gasteiger partial charge < -0.3 is 9.80 Å². The number of amides is 2. The van der Waals surface area contributed by atoms with Gasteiger partial charge in [-0.2, -0.15) is 0 Å². The Morgan fingerprint density at radius 3 is 2.17 bits per heavy atom. The number of unbranched alkanes of at least 4 members (excludes halogenated alkanes) is 1. The van der Waals surface area contributed by atoms with Gasteiger partial charge in [0.05, 0.1) is 11.6 Å². The molecule has 194 valence electrons. The van der Waals surface area contributed by atoms with E-state index < -0.39 is 0 Å². The summed E-state index contributed by atoms with van der Waals surface area (Å²) in [5.41, 5.74) is 0.601. The van der Waals surface area contributed by atoms with Crippen molar-refractivity contribution in [3.8, 4) is 0 Å². The van der Waals surface area contributed by atoms with Crippen molar-refractivity contribution in [1.29, 1.82) is 0 Å². The second-order valence-corrected chi connectivity index (χ2v) is 9.04. The van der Waals surface area contributed by atoms with E-state index >= 15 is 0 Å². The molecule has 2 amide bonds. The number of nitrogens with zero attached hydrogens (tertiary/aromatic N) is 3. The number of hydrogen-bond donors (Lipinski definition) is 0. The van der Waals surface area contributed by atoms with Crippen molar-refractivity contribution in [3.05, 3.63) is 90.9 Å². The monoisotopic (exact) mass is 489 g/mol. The summed E-state index contributed by atoms with van der Waals surface area (Å²) in [4.78, 5) is 32.9. The molecule has 1 atom stereocenters. The lowest BCUT2D eigenvalue weighted by molar-refractivity contribution is -0.131. The number of rotatable bonds is 15. The first-order chi connectivity index (χ1) is 17.6. The van der Waals surface area contributed by atoms with Gasteiger partial charge in [0.25, 0.3) is 5.91 Å². The molecule has 0 N–H and O–H groups in total. The predicted octanol–water partition coefficient (Wildman–Crippen LogP) is 6.68. The van der Waals surface area contributed by atoms with Gasteiger partial charge in [0.2, 0.25) is 5.91 Å². The first-order valence-electron chi connectivity index (χ1n) is 13.3. The number of hydrogen-bond acceptors (Lipinski definition) is 3. The molecule has 0 aromatic carbocycles. The van der Waals surface area contributed by atoms with Crippen LogP contribution in [0.5, 0.6) is 0 Å². The van der Waals surface area contributed by atoms with Crippen LogP contribution in [-0.4, -0.2) is 52.8 Å². The summed E-state index contributed by atoms with van der Waals surface area (Å²) >= 11 is 0. The highest BCUT2D eigenvalue weighted by Crippen LogP contribution is 2.18. The normalized spacial score (nSPS) is 16.5. The van der Waals surface area contributed by atoms with Crippen LogP contribution in [0.2, 0.25) is 0 Å². The van der Waals surface area contributed by atoms with Crippen LogP contribution >= 0.6 is 0 Å². The average Bonchev–Trinajstić information content (AvgIpc) is 3.40. The third kappa shape index (κ3) is 11.5. The smallest absolute Gasteiger partial charge is 0.255 e.